The van der Waals surface area contributed by atoms with E-state index >= 15 is 0 Å². The lowest BCUT2D eigenvalue weighted by Gasteiger charge is -2.22. The van der Waals surface area contributed by atoms with Gasteiger partial charge in [-0.05, 0) is 31.0 Å². The number of rotatable bonds is 5. The fourth-order valence-corrected chi connectivity index (χ4v) is 3.70. The molecule has 3 rings (SSSR count). The van der Waals surface area contributed by atoms with Crippen LogP contribution in [0.5, 0.6) is 11.5 Å². The summed E-state index contributed by atoms with van der Waals surface area (Å²) in [6, 6.07) is 3.92. The molecule has 1 N–H and O–H groups in total. The number of guanidine groups is 1. The molecule has 1 aromatic carbocycles. The van der Waals surface area contributed by atoms with Gasteiger partial charge >= 0.3 is 0 Å². The highest BCUT2D eigenvalue weighted by molar-refractivity contribution is 14.0. The van der Waals surface area contributed by atoms with Crippen molar-refractivity contribution in [2.24, 2.45) is 4.99 Å². The zero-order chi connectivity index (χ0) is 18.5. The van der Waals surface area contributed by atoms with Crippen molar-refractivity contribution in [1.29, 1.82) is 0 Å². The molecule has 2 heterocycles. The second kappa shape index (κ2) is 10.3. The van der Waals surface area contributed by atoms with Crippen LogP contribution in [0.3, 0.4) is 0 Å². The Kier molecular flexibility index (Phi) is 8.43. The van der Waals surface area contributed by atoms with Gasteiger partial charge < -0.3 is 19.7 Å². The maximum absolute atomic E-state index is 6.30. The minimum absolute atomic E-state index is 0. The number of hydrogen-bond acceptors (Lipinski definition) is 5. The zero-order valence-corrected chi connectivity index (χ0v) is 19.5. The van der Waals surface area contributed by atoms with Crippen LogP contribution in [0.25, 0.3) is 0 Å². The van der Waals surface area contributed by atoms with Crippen LogP contribution in [-0.4, -0.2) is 49.7 Å². The Morgan fingerprint density at radius 2 is 2.15 bits per heavy atom. The van der Waals surface area contributed by atoms with Crippen molar-refractivity contribution < 1.29 is 9.47 Å². The molecule has 0 bridgehead atoms. The number of aromatic nitrogens is 1. The number of aryl methyl sites for hydroxylation is 1. The van der Waals surface area contributed by atoms with Gasteiger partial charge in [-0.15, -0.1) is 35.3 Å². The average Bonchev–Trinajstić information content (AvgIpc) is 3.03. The van der Waals surface area contributed by atoms with E-state index in [1.54, 1.807) is 18.4 Å². The molecule has 0 saturated carbocycles. The SMILES string of the molecule is CN=C(NCCc1cc(Cl)c2c(c1)OCCO2)N(C)Cc1csc(C)n1.I. The van der Waals surface area contributed by atoms with E-state index in [1.165, 1.54) is 0 Å². The van der Waals surface area contributed by atoms with Crippen molar-refractivity contribution in [3.05, 3.63) is 38.8 Å². The quantitative estimate of drug-likeness (QED) is 0.368. The van der Waals surface area contributed by atoms with Crippen molar-refractivity contribution in [3.8, 4) is 11.5 Å². The van der Waals surface area contributed by atoms with Crippen LogP contribution in [0.2, 0.25) is 5.02 Å². The van der Waals surface area contributed by atoms with E-state index in [9.17, 15) is 0 Å². The lowest BCUT2D eigenvalue weighted by atomic mass is 10.1. The smallest absolute Gasteiger partial charge is 0.193 e. The van der Waals surface area contributed by atoms with Gasteiger partial charge in [0.2, 0.25) is 0 Å². The van der Waals surface area contributed by atoms with Crippen LogP contribution >= 0.6 is 46.9 Å². The third-order valence-corrected chi connectivity index (χ3v) is 5.10. The highest BCUT2D eigenvalue weighted by Gasteiger charge is 2.16. The Hall–Kier alpha value is -1.26. The molecular formula is C18H24ClIN4O2S. The molecule has 9 heteroatoms. The number of ether oxygens (including phenoxy) is 2. The van der Waals surface area contributed by atoms with E-state index in [2.05, 4.69) is 25.6 Å². The lowest BCUT2D eigenvalue weighted by Crippen LogP contribution is -2.39. The first-order chi connectivity index (χ1) is 12.6. The fourth-order valence-electron chi connectivity index (χ4n) is 2.81. The number of fused-ring (bicyclic) bond motifs is 1. The monoisotopic (exact) mass is 522 g/mol. The van der Waals surface area contributed by atoms with Gasteiger partial charge in [0.05, 0.1) is 22.3 Å². The molecule has 148 valence electrons. The Balaban J connectivity index is 0.00000261. The van der Waals surface area contributed by atoms with Gasteiger partial charge in [-0.1, -0.05) is 11.6 Å². The topological polar surface area (TPSA) is 59.0 Å². The Morgan fingerprint density at radius 3 is 2.85 bits per heavy atom. The highest BCUT2D eigenvalue weighted by atomic mass is 127. The van der Waals surface area contributed by atoms with Crippen LogP contribution in [-0.2, 0) is 13.0 Å². The molecule has 0 aliphatic carbocycles. The molecule has 27 heavy (non-hydrogen) atoms. The number of aliphatic imine (C=N–C) groups is 1. The van der Waals surface area contributed by atoms with Gasteiger partial charge in [0, 0.05) is 26.0 Å². The Morgan fingerprint density at radius 1 is 1.37 bits per heavy atom. The lowest BCUT2D eigenvalue weighted by molar-refractivity contribution is 0.171. The average molecular weight is 523 g/mol. The molecule has 6 nitrogen and oxygen atoms in total. The molecular weight excluding hydrogens is 499 g/mol. The van der Waals surface area contributed by atoms with E-state index < -0.39 is 0 Å². The molecule has 0 fully saturated rings. The van der Waals surface area contributed by atoms with Gasteiger partial charge in [-0.3, -0.25) is 4.99 Å². The van der Waals surface area contributed by atoms with Crippen molar-refractivity contribution in [1.82, 2.24) is 15.2 Å². The molecule has 1 aromatic heterocycles. The van der Waals surface area contributed by atoms with Crippen LogP contribution in [0, 0.1) is 6.92 Å². The first-order valence-electron chi connectivity index (χ1n) is 8.47. The summed E-state index contributed by atoms with van der Waals surface area (Å²) in [5.41, 5.74) is 2.15. The van der Waals surface area contributed by atoms with Crippen LogP contribution in [0.15, 0.2) is 22.5 Å². The summed E-state index contributed by atoms with van der Waals surface area (Å²) >= 11 is 7.96. The molecule has 2 aromatic rings. The normalized spacial score (nSPS) is 13.1. The second-order valence-electron chi connectivity index (χ2n) is 6.04. The first kappa shape index (κ1) is 22.0. The highest BCUT2D eigenvalue weighted by Crippen LogP contribution is 2.38. The summed E-state index contributed by atoms with van der Waals surface area (Å²) in [5.74, 6) is 2.20. The fraction of sp³-hybridized carbons (Fsp3) is 0.444. The summed E-state index contributed by atoms with van der Waals surface area (Å²) in [5, 5.41) is 7.13. The third-order valence-electron chi connectivity index (χ3n) is 3.99. The molecule has 0 atom stereocenters. The van der Waals surface area contributed by atoms with E-state index in [0.717, 1.165) is 47.5 Å². The van der Waals surface area contributed by atoms with Crippen molar-refractivity contribution in [2.45, 2.75) is 19.9 Å². The van der Waals surface area contributed by atoms with Gasteiger partial charge in [0.1, 0.15) is 13.2 Å². The summed E-state index contributed by atoms with van der Waals surface area (Å²) in [6.07, 6.45) is 0.805. The Labute approximate surface area is 186 Å². The van der Waals surface area contributed by atoms with Gasteiger partial charge in [0.15, 0.2) is 17.5 Å². The summed E-state index contributed by atoms with van der Waals surface area (Å²) in [6.45, 7) is 4.57. The minimum Gasteiger partial charge on any atom is -0.486 e. The number of thiazole rings is 1. The van der Waals surface area contributed by atoms with Crippen molar-refractivity contribution in [3.63, 3.8) is 0 Å². The number of halogens is 2. The first-order valence-corrected chi connectivity index (χ1v) is 9.73. The molecule has 1 aliphatic rings. The van der Waals surface area contributed by atoms with Gasteiger partial charge in [-0.25, -0.2) is 4.98 Å². The maximum Gasteiger partial charge on any atom is 0.193 e. The van der Waals surface area contributed by atoms with E-state index in [1.807, 2.05) is 26.1 Å². The van der Waals surface area contributed by atoms with Crippen molar-refractivity contribution in [2.75, 3.05) is 33.9 Å². The zero-order valence-electron chi connectivity index (χ0n) is 15.6. The molecule has 0 radical (unpaired) electrons. The summed E-state index contributed by atoms with van der Waals surface area (Å²) in [7, 11) is 3.79. The standard InChI is InChI=1S/C18H23ClN4O2S.HI/c1-12-22-14(11-26-12)10-23(3)18(20-2)21-5-4-13-8-15(19)17-16(9-13)24-6-7-25-17;/h8-9,11H,4-7,10H2,1-3H3,(H,20,21);1H. The number of nitrogens with zero attached hydrogens (tertiary/aromatic N) is 3. The van der Waals surface area contributed by atoms with Crippen LogP contribution in [0.4, 0.5) is 0 Å². The van der Waals surface area contributed by atoms with Crippen LogP contribution in [0.1, 0.15) is 16.3 Å². The predicted octanol–water partition coefficient (Wildman–Crippen LogP) is 3.74. The largest absolute Gasteiger partial charge is 0.486 e. The molecule has 0 saturated heterocycles. The Bertz CT molecular complexity index is 800. The number of nitrogens with one attached hydrogen (secondary N) is 1. The van der Waals surface area contributed by atoms with E-state index in [0.29, 0.717) is 24.0 Å². The number of benzene rings is 1. The van der Waals surface area contributed by atoms with Crippen LogP contribution < -0.4 is 14.8 Å². The second-order valence-corrected chi connectivity index (χ2v) is 7.51. The van der Waals surface area contributed by atoms with E-state index in [-0.39, 0.29) is 24.0 Å². The molecule has 0 spiro atoms. The van der Waals surface area contributed by atoms with Crippen molar-refractivity contribution >= 4 is 52.9 Å². The molecule has 1 aliphatic heterocycles. The minimum atomic E-state index is 0. The van der Waals surface area contributed by atoms with Gasteiger partial charge in [0.25, 0.3) is 0 Å². The maximum atomic E-state index is 6.30. The van der Waals surface area contributed by atoms with Gasteiger partial charge in [-0.2, -0.15) is 0 Å². The third kappa shape index (κ3) is 5.86. The summed E-state index contributed by atoms with van der Waals surface area (Å²) < 4.78 is 11.2. The molecule has 0 amide bonds. The molecule has 0 unspecified atom stereocenters. The summed E-state index contributed by atoms with van der Waals surface area (Å²) in [4.78, 5) is 10.9. The van der Waals surface area contributed by atoms with E-state index in [4.69, 9.17) is 21.1 Å². The number of hydrogen-bond donors (Lipinski definition) is 1. The predicted molar refractivity (Wildman–Crippen MR) is 121 cm³/mol.